The molecule has 56 heavy (non-hydrogen) atoms. The van der Waals surface area contributed by atoms with Gasteiger partial charge in [-0.15, -0.1) is 0 Å². The van der Waals surface area contributed by atoms with Gasteiger partial charge in [0.25, 0.3) is 11.8 Å². The van der Waals surface area contributed by atoms with E-state index in [0.717, 1.165) is 15.9 Å². The van der Waals surface area contributed by atoms with Crippen molar-refractivity contribution in [3.8, 4) is 0 Å². The van der Waals surface area contributed by atoms with Gasteiger partial charge < -0.3 is 57.4 Å². The lowest BCUT2D eigenvalue weighted by atomic mass is 10.0. The number of alkyl halides is 1. The SMILES string of the molecule is O=C1CCC(N2C(=O)c3cccc(NCCOCCOCCOCCOCCOCCOCCOCCOCCOCCOCCOCCI)c3C2=O)C(=O)N1. The van der Waals surface area contributed by atoms with Crippen molar-refractivity contribution in [1.29, 1.82) is 0 Å². The molecular weight excluding hydrogens is 853 g/mol. The summed E-state index contributed by atoms with van der Waals surface area (Å²) in [5.74, 6) is -2.17. The summed E-state index contributed by atoms with van der Waals surface area (Å²) in [6.07, 6.45) is 0.169. The molecule has 4 amide bonds. The first-order chi connectivity index (χ1) is 27.5. The van der Waals surface area contributed by atoms with Gasteiger partial charge in [-0.3, -0.25) is 29.4 Å². The number of anilines is 1. The largest absolute Gasteiger partial charge is 0.382 e. The molecule has 318 valence electrons. The van der Waals surface area contributed by atoms with E-state index in [2.05, 4.69) is 33.2 Å². The van der Waals surface area contributed by atoms with Crippen LogP contribution in [0.3, 0.4) is 0 Å². The minimum absolute atomic E-state index is 0.0657. The molecule has 3 rings (SSSR count). The Bertz CT molecular complexity index is 1260. The van der Waals surface area contributed by atoms with Gasteiger partial charge in [-0.1, -0.05) is 28.7 Å². The van der Waals surface area contributed by atoms with Gasteiger partial charge in [-0.05, 0) is 18.6 Å². The third-order valence-corrected chi connectivity index (χ3v) is 8.41. The number of nitrogens with zero attached hydrogens (tertiary/aromatic N) is 1. The van der Waals surface area contributed by atoms with Crippen molar-refractivity contribution >= 4 is 51.9 Å². The van der Waals surface area contributed by atoms with E-state index in [1.165, 1.54) is 0 Å². The van der Waals surface area contributed by atoms with Gasteiger partial charge in [0, 0.05) is 23.1 Å². The lowest BCUT2D eigenvalue weighted by molar-refractivity contribution is -0.136. The van der Waals surface area contributed by atoms with Crippen molar-refractivity contribution in [3.63, 3.8) is 0 Å². The highest BCUT2D eigenvalue weighted by molar-refractivity contribution is 14.1. The van der Waals surface area contributed by atoms with Crippen LogP contribution in [0.25, 0.3) is 0 Å². The molecule has 2 aliphatic heterocycles. The zero-order valence-corrected chi connectivity index (χ0v) is 34.3. The first-order valence-corrected chi connectivity index (χ1v) is 20.6. The third-order valence-electron chi connectivity index (χ3n) is 7.97. The van der Waals surface area contributed by atoms with Crippen molar-refractivity contribution in [2.24, 2.45) is 0 Å². The number of imide groups is 2. The number of hydrogen-bond donors (Lipinski definition) is 2. The van der Waals surface area contributed by atoms with Crippen LogP contribution < -0.4 is 10.6 Å². The molecule has 1 unspecified atom stereocenters. The molecule has 18 nitrogen and oxygen atoms in total. The Kier molecular flexibility index (Phi) is 27.0. The number of fused-ring (bicyclic) bond motifs is 1. The number of nitrogens with one attached hydrogen (secondary N) is 2. The van der Waals surface area contributed by atoms with Gasteiger partial charge in [-0.2, -0.15) is 0 Å². The van der Waals surface area contributed by atoms with Crippen LogP contribution in [0.4, 0.5) is 5.69 Å². The van der Waals surface area contributed by atoms with Crippen LogP contribution in [0.5, 0.6) is 0 Å². The van der Waals surface area contributed by atoms with Crippen LogP contribution in [-0.4, -0.2) is 191 Å². The quantitative estimate of drug-likeness (QED) is 0.0417. The van der Waals surface area contributed by atoms with Crippen LogP contribution in [0.1, 0.15) is 33.6 Å². The second-order valence-electron chi connectivity index (χ2n) is 12.0. The number of rotatable bonds is 37. The van der Waals surface area contributed by atoms with Gasteiger partial charge in [0.1, 0.15) is 6.04 Å². The smallest absolute Gasteiger partial charge is 0.264 e. The van der Waals surface area contributed by atoms with Crippen molar-refractivity contribution in [2.45, 2.75) is 18.9 Å². The highest BCUT2D eigenvalue weighted by atomic mass is 127. The Morgan fingerprint density at radius 2 is 0.946 bits per heavy atom. The molecule has 0 aromatic heterocycles. The fraction of sp³-hybridized carbons (Fsp3) is 0.730. The lowest BCUT2D eigenvalue weighted by Gasteiger charge is -2.27. The molecule has 1 saturated heterocycles. The Balaban J connectivity index is 1.00. The number of hydrogen-bond acceptors (Lipinski definition) is 16. The molecule has 0 aliphatic carbocycles. The predicted molar refractivity (Wildman–Crippen MR) is 209 cm³/mol. The molecule has 0 radical (unpaired) electrons. The van der Waals surface area contributed by atoms with Crippen molar-refractivity contribution in [2.75, 3.05) is 162 Å². The summed E-state index contributed by atoms with van der Waals surface area (Å²) in [7, 11) is 0. The Labute approximate surface area is 342 Å². The fourth-order valence-electron chi connectivity index (χ4n) is 5.28. The fourth-order valence-corrected chi connectivity index (χ4v) is 5.59. The maximum absolute atomic E-state index is 13.2. The summed E-state index contributed by atoms with van der Waals surface area (Å²) >= 11 is 2.27. The number of benzene rings is 1. The van der Waals surface area contributed by atoms with Crippen LogP contribution >= 0.6 is 22.6 Å². The summed E-state index contributed by atoms with van der Waals surface area (Å²) in [5.41, 5.74) is 0.908. The minimum Gasteiger partial charge on any atom is -0.382 e. The zero-order valence-electron chi connectivity index (χ0n) is 32.1. The Hall–Kier alpha value is -2.41. The lowest BCUT2D eigenvalue weighted by Crippen LogP contribution is -2.54. The molecule has 0 saturated carbocycles. The van der Waals surface area contributed by atoms with Crippen LogP contribution in [-0.2, 0) is 61.7 Å². The van der Waals surface area contributed by atoms with E-state index in [0.29, 0.717) is 151 Å². The van der Waals surface area contributed by atoms with E-state index >= 15 is 0 Å². The monoisotopic (exact) mass is 911 g/mol. The zero-order chi connectivity index (χ0) is 39.9. The minimum atomic E-state index is -1.01. The van der Waals surface area contributed by atoms with Crippen molar-refractivity contribution in [1.82, 2.24) is 10.2 Å². The van der Waals surface area contributed by atoms with Gasteiger partial charge >= 0.3 is 0 Å². The normalized spacial score (nSPS) is 15.5. The van der Waals surface area contributed by atoms with E-state index in [1.807, 2.05) is 0 Å². The second kappa shape index (κ2) is 31.6. The molecule has 2 heterocycles. The summed E-state index contributed by atoms with van der Waals surface area (Å²) in [5, 5.41) is 5.33. The van der Waals surface area contributed by atoms with Crippen LogP contribution in [0.15, 0.2) is 18.2 Å². The maximum atomic E-state index is 13.2. The molecule has 2 N–H and O–H groups in total. The standard InChI is InChI=1S/C37H58IN3O15/c38-6-8-46-10-12-48-14-16-50-18-20-52-22-24-54-26-28-56-29-27-55-25-23-53-21-19-51-17-15-49-13-11-47-9-7-39-31-3-1-2-30-34(31)37(45)41(36(30)44)32-4-5-33(42)40-35(32)43/h1-3,32,39H,4-29H2,(H,40,42,43). The number of carbonyl (C=O) groups excluding carboxylic acids is 4. The molecule has 1 fully saturated rings. The van der Waals surface area contributed by atoms with Gasteiger partial charge in [0.2, 0.25) is 11.8 Å². The summed E-state index contributed by atoms with van der Waals surface area (Å²) in [4.78, 5) is 50.9. The van der Waals surface area contributed by atoms with E-state index in [1.54, 1.807) is 18.2 Å². The Morgan fingerprint density at radius 3 is 1.34 bits per heavy atom. The van der Waals surface area contributed by atoms with E-state index in [9.17, 15) is 19.2 Å². The highest BCUT2D eigenvalue weighted by Crippen LogP contribution is 2.32. The molecule has 2 aliphatic rings. The van der Waals surface area contributed by atoms with E-state index < -0.39 is 29.7 Å². The molecule has 1 atom stereocenters. The summed E-state index contributed by atoms with van der Waals surface area (Å²) in [6.45, 7) is 11.2. The first kappa shape index (κ1) is 48.0. The van der Waals surface area contributed by atoms with Crippen LogP contribution in [0.2, 0.25) is 0 Å². The van der Waals surface area contributed by atoms with Crippen molar-refractivity contribution in [3.05, 3.63) is 29.3 Å². The average Bonchev–Trinajstić information content (AvgIpc) is 3.45. The predicted octanol–water partition coefficient (Wildman–Crippen LogP) is 1.12. The number of amides is 4. The highest BCUT2D eigenvalue weighted by Gasteiger charge is 2.45. The topological polar surface area (TPSA) is 197 Å². The first-order valence-electron chi connectivity index (χ1n) is 19.0. The molecule has 0 spiro atoms. The van der Waals surface area contributed by atoms with E-state index in [4.69, 9.17) is 52.1 Å². The van der Waals surface area contributed by atoms with Gasteiger partial charge in [0.15, 0.2) is 0 Å². The summed E-state index contributed by atoms with van der Waals surface area (Å²) < 4.78 is 61.2. The number of halogens is 1. The molecule has 1 aromatic carbocycles. The molecule has 0 bridgehead atoms. The number of ether oxygens (including phenoxy) is 11. The second-order valence-corrected chi connectivity index (χ2v) is 13.1. The molecule has 1 aromatic rings. The van der Waals surface area contributed by atoms with Crippen molar-refractivity contribution < 1.29 is 71.3 Å². The third kappa shape index (κ3) is 19.8. The van der Waals surface area contributed by atoms with Crippen LogP contribution in [0, 0.1) is 0 Å². The number of carbonyl (C=O) groups is 4. The van der Waals surface area contributed by atoms with Gasteiger partial charge in [0.05, 0.1) is 156 Å². The average molecular weight is 912 g/mol. The number of piperidine rings is 1. The summed E-state index contributed by atoms with van der Waals surface area (Å²) in [6, 6.07) is 3.90. The molecular formula is C37H58IN3O15. The maximum Gasteiger partial charge on any atom is 0.264 e. The van der Waals surface area contributed by atoms with E-state index in [-0.39, 0.29) is 24.0 Å². The molecule has 19 heteroatoms. The van der Waals surface area contributed by atoms with Gasteiger partial charge in [-0.25, -0.2) is 0 Å². The Morgan fingerprint density at radius 1 is 0.554 bits per heavy atom.